The van der Waals surface area contributed by atoms with Crippen LogP contribution < -0.4 is 16.0 Å². The minimum atomic E-state index is -2.98. The fourth-order valence-electron chi connectivity index (χ4n) is 2.47. The summed E-state index contributed by atoms with van der Waals surface area (Å²) in [6.07, 6.45) is 1.96. The molecule has 0 saturated carbocycles. The number of benzene rings is 2. The van der Waals surface area contributed by atoms with Gasteiger partial charge in [-0.05, 0) is 36.1 Å². The van der Waals surface area contributed by atoms with Gasteiger partial charge >= 0.3 is 12.3 Å². The van der Waals surface area contributed by atoms with E-state index in [1.807, 2.05) is 30.5 Å². The molecule has 3 aromatic rings. The van der Waals surface area contributed by atoms with Crippen LogP contribution in [-0.4, -0.2) is 22.4 Å². The summed E-state index contributed by atoms with van der Waals surface area (Å²) in [7, 11) is 0. The molecule has 0 spiro atoms. The molecule has 0 saturated heterocycles. The molecule has 1 N–H and O–H groups in total. The Kier molecular flexibility index (Phi) is 4.89. The van der Waals surface area contributed by atoms with Gasteiger partial charge < -0.3 is 9.72 Å². The molecular weight excluding hydrogens is 350 g/mol. The van der Waals surface area contributed by atoms with Crippen molar-refractivity contribution in [3.05, 3.63) is 68.9 Å². The molecule has 0 aliphatic rings. The SMILES string of the molecule is CSc1ccc(Cn2c(=O)[nH]c3cc(OC(F)F)ccc3c2=O)cc1. The fourth-order valence-corrected chi connectivity index (χ4v) is 2.88. The third-order valence-electron chi connectivity index (χ3n) is 3.68. The molecular formula is C17H14F2N2O3S. The number of alkyl halides is 2. The van der Waals surface area contributed by atoms with E-state index in [4.69, 9.17) is 0 Å². The standard InChI is InChI=1S/C17H14F2N2O3S/c1-25-12-5-2-10(3-6-12)9-21-15(22)13-7-4-11(24-16(18)19)8-14(13)20-17(21)23/h2-8,16H,9H2,1H3,(H,20,23). The first-order chi connectivity index (χ1) is 12.0. The van der Waals surface area contributed by atoms with E-state index >= 15 is 0 Å². The number of H-pyrrole nitrogens is 1. The highest BCUT2D eigenvalue weighted by atomic mass is 32.2. The van der Waals surface area contributed by atoms with Gasteiger partial charge in [-0.2, -0.15) is 8.78 Å². The van der Waals surface area contributed by atoms with E-state index in [2.05, 4.69) is 9.72 Å². The molecule has 25 heavy (non-hydrogen) atoms. The minimum absolute atomic E-state index is 0.119. The van der Waals surface area contributed by atoms with Gasteiger partial charge in [-0.1, -0.05) is 12.1 Å². The van der Waals surface area contributed by atoms with Crippen molar-refractivity contribution in [1.29, 1.82) is 0 Å². The molecule has 0 atom stereocenters. The predicted octanol–water partition coefficient (Wildman–Crippen LogP) is 3.06. The van der Waals surface area contributed by atoms with Crippen LogP contribution in [0.4, 0.5) is 8.78 Å². The summed E-state index contributed by atoms with van der Waals surface area (Å²) in [5.74, 6) is -0.122. The lowest BCUT2D eigenvalue weighted by Crippen LogP contribution is -2.35. The maximum Gasteiger partial charge on any atom is 0.387 e. The van der Waals surface area contributed by atoms with E-state index in [9.17, 15) is 18.4 Å². The van der Waals surface area contributed by atoms with Crippen LogP contribution in [0.2, 0.25) is 0 Å². The summed E-state index contributed by atoms with van der Waals surface area (Å²) in [6, 6.07) is 11.4. The van der Waals surface area contributed by atoms with Crippen molar-refractivity contribution in [2.45, 2.75) is 18.1 Å². The molecule has 5 nitrogen and oxygen atoms in total. The lowest BCUT2D eigenvalue weighted by atomic mass is 10.2. The zero-order chi connectivity index (χ0) is 18.0. The molecule has 2 aromatic carbocycles. The van der Waals surface area contributed by atoms with Crippen molar-refractivity contribution in [2.24, 2.45) is 0 Å². The number of hydrogen-bond donors (Lipinski definition) is 1. The van der Waals surface area contributed by atoms with Gasteiger partial charge in [-0.3, -0.25) is 9.36 Å². The van der Waals surface area contributed by atoms with Crippen LogP contribution >= 0.6 is 11.8 Å². The highest BCUT2D eigenvalue weighted by Crippen LogP contribution is 2.18. The Labute approximate surface area is 145 Å². The summed E-state index contributed by atoms with van der Waals surface area (Å²) < 4.78 is 29.9. The first kappa shape index (κ1) is 17.2. The molecule has 0 unspecified atom stereocenters. The summed E-state index contributed by atoms with van der Waals surface area (Å²) >= 11 is 1.60. The smallest absolute Gasteiger partial charge is 0.387 e. The molecule has 0 radical (unpaired) electrons. The van der Waals surface area contributed by atoms with Gasteiger partial charge in [0.15, 0.2) is 0 Å². The summed E-state index contributed by atoms with van der Waals surface area (Å²) in [6.45, 7) is -2.86. The number of nitrogens with zero attached hydrogens (tertiary/aromatic N) is 1. The van der Waals surface area contributed by atoms with Crippen molar-refractivity contribution < 1.29 is 13.5 Å². The zero-order valence-corrected chi connectivity index (χ0v) is 14.0. The largest absolute Gasteiger partial charge is 0.435 e. The number of nitrogens with one attached hydrogen (secondary N) is 1. The number of halogens is 2. The number of thioether (sulfide) groups is 1. The van der Waals surface area contributed by atoms with Crippen LogP contribution in [0, 0.1) is 0 Å². The van der Waals surface area contributed by atoms with Crippen molar-refractivity contribution in [1.82, 2.24) is 9.55 Å². The van der Waals surface area contributed by atoms with Crippen LogP contribution in [0.1, 0.15) is 5.56 Å². The molecule has 0 aliphatic carbocycles. The summed E-state index contributed by atoms with van der Waals surface area (Å²) in [4.78, 5) is 28.4. The van der Waals surface area contributed by atoms with E-state index < -0.39 is 17.9 Å². The Morgan fingerprint density at radius 1 is 1.16 bits per heavy atom. The lowest BCUT2D eigenvalue weighted by molar-refractivity contribution is -0.0497. The Balaban J connectivity index is 2.01. The highest BCUT2D eigenvalue weighted by molar-refractivity contribution is 7.98. The molecule has 0 fully saturated rings. The zero-order valence-electron chi connectivity index (χ0n) is 13.2. The highest BCUT2D eigenvalue weighted by Gasteiger charge is 2.11. The van der Waals surface area contributed by atoms with E-state index in [1.165, 1.54) is 18.2 Å². The van der Waals surface area contributed by atoms with Crippen LogP contribution in [0.5, 0.6) is 5.75 Å². The molecule has 130 valence electrons. The van der Waals surface area contributed by atoms with Crippen molar-refractivity contribution in [2.75, 3.05) is 6.26 Å². The average molecular weight is 364 g/mol. The molecule has 1 aromatic heterocycles. The van der Waals surface area contributed by atoms with Gasteiger partial charge in [0.25, 0.3) is 5.56 Å². The number of ether oxygens (including phenoxy) is 1. The molecule has 0 amide bonds. The maximum absolute atomic E-state index is 12.6. The number of hydrogen-bond acceptors (Lipinski definition) is 4. The monoisotopic (exact) mass is 364 g/mol. The first-order valence-electron chi connectivity index (χ1n) is 7.32. The molecule has 1 heterocycles. The molecule has 0 bridgehead atoms. The number of rotatable bonds is 5. The van der Waals surface area contributed by atoms with Crippen molar-refractivity contribution in [3.63, 3.8) is 0 Å². The Hall–Kier alpha value is -2.61. The molecule has 3 rings (SSSR count). The lowest BCUT2D eigenvalue weighted by Gasteiger charge is -2.09. The van der Waals surface area contributed by atoms with Crippen molar-refractivity contribution >= 4 is 22.7 Å². The maximum atomic E-state index is 12.6. The summed E-state index contributed by atoms with van der Waals surface area (Å²) in [5, 5.41) is 0.224. The molecule has 8 heteroatoms. The third kappa shape index (κ3) is 3.74. The van der Waals surface area contributed by atoms with E-state index in [-0.39, 0.29) is 23.2 Å². The van der Waals surface area contributed by atoms with Gasteiger partial charge in [0.1, 0.15) is 5.75 Å². The fraction of sp³-hybridized carbons (Fsp3) is 0.176. The van der Waals surface area contributed by atoms with Gasteiger partial charge in [0, 0.05) is 11.0 Å². The molecule has 0 aliphatic heterocycles. The quantitative estimate of drug-likeness (QED) is 0.707. The van der Waals surface area contributed by atoms with Crippen LogP contribution in [0.25, 0.3) is 10.9 Å². The Morgan fingerprint density at radius 2 is 1.88 bits per heavy atom. The second-order valence-electron chi connectivity index (χ2n) is 5.26. The second kappa shape index (κ2) is 7.10. The van der Waals surface area contributed by atoms with Crippen LogP contribution in [-0.2, 0) is 6.54 Å². The third-order valence-corrected chi connectivity index (χ3v) is 4.42. The van der Waals surface area contributed by atoms with Crippen LogP contribution in [0.3, 0.4) is 0 Å². The topological polar surface area (TPSA) is 64.1 Å². The van der Waals surface area contributed by atoms with E-state index in [1.54, 1.807) is 11.8 Å². The van der Waals surface area contributed by atoms with E-state index in [0.29, 0.717) is 0 Å². The van der Waals surface area contributed by atoms with Crippen molar-refractivity contribution in [3.8, 4) is 5.75 Å². The minimum Gasteiger partial charge on any atom is -0.435 e. The summed E-state index contributed by atoms with van der Waals surface area (Å²) in [5.41, 5.74) is -0.138. The van der Waals surface area contributed by atoms with Crippen LogP contribution in [0.15, 0.2) is 56.9 Å². The number of fused-ring (bicyclic) bond motifs is 1. The first-order valence-corrected chi connectivity index (χ1v) is 8.55. The van der Waals surface area contributed by atoms with Gasteiger partial charge in [-0.15, -0.1) is 11.8 Å². The number of aromatic nitrogens is 2. The van der Waals surface area contributed by atoms with Gasteiger partial charge in [-0.25, -0.2) is 4.79 Å². The van der Waals surface area contributed by atoms with E-state index in [0.717, 1.165) is 15.0 Å². The normalized spacial score (nSPS) is 11.2. The Morgan fingerprint density at radius 3 is 2.52 bits per heavy atom. The van der Waals surface area contributed by atoms with Gasteiger partial charge in [0.05, 0.1) is 17.4 Å². The Bertz CT molecular complexity index is 1010. The second-order valence-corrected chi connectivity index (χ2v) is 6.14. The average Bonchev–Trinajstić information content (AvgIpc) is 2.58. The predicted molar refractivity (Wildman–Crippen MR) is 92.8 cm³/mol. The number of aromatic amines is 1. The van der Waals surface area contributed by atoms with Gasteiger partial charge in [0.2, 0.25) is 0 Å².